The fourth-order valence-corrected chi connectivity index (χ4v) is 2.42. The number of anilines is 1. The van der Waals surface area contributed by atoms with Crippen LogP contribution in [0.2, 0.25) is 0 Å². The Hall–Kier alpha value is -3.22. The van der Waals surface area contributed by atoms with Crippen LogP contribution in [0.25, 0.3) is 0 Å². The standard InChI is InChI=1S/C21H23FN2O4/c1-3-14(2)15-8-10-16(11-9-15)24-19(25)13-28-20(26)12-23-21(27)17-6-4-5-7-18(17)22/h4-11,14H,3,12-13H2,1-2H3,(H,23,27)(H,24,25)/t14-/m1/s1. The van der Waals surface area contributed by atoms with Crippen molar-refractivity contribution in [3.63, 3.8) is 0 Å². The topological polar surface area (TPSA) is 84.5 Å². The molecule has 148 valence electrons. The molecule has 0 radical (unpaired) electrons. The monoisotopic (exact) mass is 386 g/mol. The Morgan fingerprint density at radius 3 is 2.39 bits per heavy atom. The van der Waals surface area contributed by atoms with E-state index in [1.807, 2.05) is 12.1 Å². The summed E-state index contributed by atoms with van der Waals surface area (Å²) >= 11 is 0. The number of carbonyl (C=O) groups excluding carboxylic acids is 3. The number of nitrogens with one attached hydrogen (secondary N) is 2. The number of esters is 1. The van der Waals surface area contributed by atoms with Gasteiger partial charge in [0.1, 0.15) is 12.4 Å². The minimum Gasteiger partial charge on any atom is -0.454 e. The summed E-state index contributed by atoms with van der Waals surface area (Å²) in [5.74, 6) is -2.28. The number of halogens is 1. The molecule has 0 fully saturated rings. The molecule has 28 heavy (non-hydrogen) atoms. The van der Waals surface area contributed by atoms with Gasteiger partial charge in [0.15, 0.2) is 6.61 Å². The van der Waals surface area contributed by atoms with Gasteiger partial charge in [-0.25, -0.2) is 4.39 Å². The van der Waals surface area contributed by atoms with Crippen molar-refractivity contribution in [1.82, 2.24) is 5.32 Å². The van der Waals surface area contributed by atoms with Gasteiger partial charge in [0.05, 0.1) is 5.56 Å². The van der Waals surface area contributed by atoms with Gasteiger partial charge in [-0.2, -0.15) is 0 Å². The molecule has 0 heterocycles. The first-order valence-corrected chi connectivity index (χ1v) is 8.98. The maximum atomic E-state index is 13.5. The van der Waals surface area contributed by atoms with Crippen molar-refractivity contribution in [2.75, 3.05) is 18.5 Å². The van der Waals surface area contributed by atoms with Gasteiger partial charge in [0, 0.05) is 5.69 Å². The second kappa shape index (κ2) is 10.2. The molecule has 7 heteroatoms. The van der Waals surface area contributed by atoms with Gasteiger partial charge in [-0.1, -0.05) is 38.1 Å². The maximum Gasteiger partial charge on any atom is 0.325 e. The Labute approximate surface area is 163 Å². The molecular weight excluding hydrogens is 363 g/mol. The minimum absolute atomic E-state index is 0.172. The lowest BCUT2D eigenvalue weighted by Gasteiger charge is -2.11. The lowest BCUT2D eigenvalue weighted by atomic mass is 9.99. The average Bonchev–Trinajstić information content (AvgIpc) is 2.70. The normalized spacial score (nSPS) is 11.4. The van der Waals surface area contributed by atoms with E-state index in [0.29, 0.717) is 11.6 Å². The van der Waals surface area contributed by atoms with Gasteiger partial charge in [-0.3, -0.25) is 14.4 Å². The number of hydrogen-bond acceptors (Lipinski definition) is 4. The second-order valence-corrected chi connectivity index (χ2v) is 6.30. The number of ether oxygens (including phenoxy) is 1. The van der Waals surface area contributed by atoms with Crippen molar-refractivity contribution >= 4 is 23.5 Å². The van der Waals surface area contributed by atoms with Crippen LogP contribution in [-0.4, -0.2) is 30.9 Å². The smallest absolute Gasteiger partial charge is 0.325 e. The zero-order chi connectivity index (χ0) is 20.5. The predicted octanol–water partition coefficient (Wildman–Crippen LogP) is 3.25. The van der Waals surface area contributed by atoms with Gasteiger partial charge in [0.2, 0.25) is 0 Å². The summed E-state index contributed by atoms with van der Waals surface area (Å²) in [5, 5.41) is 4.88. The first-order chi connectivity index (χ1) is 13.4. The van der Waals surface area contributed by atoms with Crippen LogP contribution in [0.1, 0.15) is 42.1 Å². The van der Waals surface area contributed by atoms with E-state index < -0.39 is 36.8 Å². The first-order valence-electron chi connectivity index (χ1n) is 8.98. The van der Waals surface area contributed by atoms with Gasteiger partial charge >= 0.3 is 5.97 Å². The number of benzene rings is 2. The average molecular weight is 386 g/mol. The molecule has 0 aliphatic rings. The van der Waals surface area contributed by atoms with E-state index in [9.17, 15) is 18.8 Å². The van der Waals surface area contributed by atoms with Crippen molar-refractivity contribution in [3.05, 3.63) is 65.5 Å². The van der Waals surface area contributed by atoms with E-state index in [0.717, 1.165) is 12.5 Å². The summed E-state index contributed by atoms with van der Waals surface area (Å²) in [5.41, 5.74) is 1.60. The quantitative estimate of drug-likeness (QED) is 0.682. The third kappa shape index (κ3) is 6.19. The summed E-state index contributed by atoms with van der Waals surface area (Å²) in [6.45, 7) is 3.27. The molecule has 1 atom stereocenters. The molecule has 2 aromatic carbocycles. The number of amides is 2. The number of rotatable bonds is 8. The molecule has 0 saturated carbocycles. The zero-order valence-corrected chi connectivity index (χ0v) is 15.8. The SMILES string of the molecule is CC[C@@H](C)c1ccc(NC(=O)COC(=O)CNC(=O)c2ccccc2F)cc1. The summed E-state index contributed by atoms with van der Waals surface area (Å²) in [4.78, 5) is 35.3. The first kappa shape index (κ1) is 21.1. The minimum atomic E-state index is -0.799. The van der Waals surface area contributed by atoms with E-state index in [-0.39, 0.29) is 5.56 Å². The highest BCUT2D eigenvalue weighted by molar-refractivity contribution is 5.96. The molecule has 0 aliphatic carbocycles. The summed E-state index contributed by atoms with van der Waals surface area (Å²) in [6.07, 6.45) is 1.02. The zero-order valence-electron chi connectivity index (χ0n) is 15.8. The highest BCUT2D eigenvalue weighted by Crippen LogP contribution is 2.20. The molecule has 2 N–H and O–H groups in total. The summed E-state index contributed by atoms with van der Waals surface area (Å²) in [7, 11) is 0. The fraction of sp³-hybridized carbons (Fsp3) is 0.286. The highest BCUT2D eigenvalue weighted by Gasteiger charge is 2.13. The lowest BCUT2D eigenvalue weighted by Crippen LogP contribution is -2.32. The lowest BCUT2D eigenvalue weighted by molar-refractivity contribution is -0.146. The Bertz CT molecular complexity index is 837. The van der Waals surface area contributed by atoms with Crippen LogP contribution in [-0.2, 0) is 14.3 Å². The van der Waals surface area contributed by atoms with Crippen molar-refractivity contribution in [2.45, 2.75) is 26.2 Å². The molecule has 2 amide bonds. The van der Waals surface area contributed by atoms with Crippen molar-refractivity contribution < 1.29 is 23.5 Å². The van der Waals surface area contributed by atoms with E-state index in [1.54, 1.807) is 12.1 Å². The second-order valence-electron chi connectivity index (χ2n) is 6.30. The van der Waals surface area contributed by atoms with Crippen LogP contribution in [0, 0.1) is 5.82 Å². The molecule has 0 unspecified atom stereocenters. The molecular formula is C21H23FN2O4. The molecule has 0 bridgehead atoms. The molecule has 0 saturated heterocycles. The van der Waals surface area contributed by atoms with Crippen LogP contribution in [0.4, 0.5) is 10.1 Å². The molecule has 2 aromatic rings. The van der Waals surface area contributed by atoms with E-state index in [2.05, 4.69) is 24.5 Å². The van der Waals surface area contributed by atoms with Gasteiger partial charge in [-0.05, 0) is 42.2 Å². The van der Waals surface area contributed by atoms with Crippen molar-refractivity contribution in [3.8, 4) is 0 Å². The van der Waals surface area contributed by atoms with Gasteiger partial charge < -0.3 is 15.4 Å². The van der Waals surface area contributed by atoms with E-state index in [4.69, 9.17) is 4.74 Å². The van der Waals surface area contributed by atoms with Crippen LogP contribution in [0.3, 0.4) is 0 Å². The third-order valence-electron chi connectivity index (χ3n) is 4.25. The Morgan fingerprint density at radius 2 is 1.75 bits per heavy atom. The fourth-order valence-electron chi connectivity index (χ4n) is 2.42. The van der Waals surface area contributed by atoms with Crippen LogP contribution in [0.15, 0.2) is 48.5 Å². The molecule has 0 aromatic heterocycles. The third-order valence-corrected chi connectivity index (χ3v) is 4.25. The molecule has 0 aliphatic heterocycles. The van der Waals surface area contributed by atoms with Crippen LogP contribution >= 0.6 is 0 Å². The van der Waals surface area contributed by atoms with Crippen LogP contribution < -0.4 is 10.6 Å². The Balaban J connectivity index is 1.74. The van der Waals surface area contributed by atoms with Crippen molar-refractivity contribution in [2.24, 2.45) is 0 Å². The molecule has 2 rings (SSSR count). The number of carbonyl (C=O) groups is 3. The highest BCUT2D eigenvalue weighted by atomic mass is 19.1. The predicted molar refractivity (Wildman–Crippen MR) is 103 cm³/mol. The maximum absolute atomic E-state index is 13.5. The van der Waals surface area contributed by atoms with Crippen molar-refractivity contribution in [1.29, 1.82) is 0 Å². The van der Waals surface area contributed by atoms with Crippen LogP contribution in [0.5, 0.6) is 0 Å². The summed E-state index contributed by atoms with van der Waals surface area (Å²) < 4.78 is 18.3. The Morgan fingerprint density at radius 1 is 1.07 bits per heavy atom. The Kier molecular flexibility index (Phi) is 7.68. The number of hydrogen-bond donors (Lipinski definition) is 2. The van der Waals surface area contributed by atoms with Gasteiger partial charge in [-0.15, -0.1) is 0 Å². The largest absolute Gasteiger partial charge is 0.454 e. The van der Waals surface area contributed by atoms with E-state index in [1.165, 1.54) is 23.8 Å². The van der Waals surface area contributed by atoms with E-state index >= 15 is 0 Å². The molecule has 0 spiro atoms. The van der Waals surface area contributed by atoms with Gasteiger partial charge in [0.25, 0.3) is 11.8 Å². The summed E-state index contributed by atoms with van der Waals surface area (Å²) in [6, 6.07) is 12.9. The molecule has 6 nitrogen and oxygen atoms in total.